The van der Waals surface area contributed by atoms with Crippen molar-refractivity contribution in [1.82, 2.24) is 4.98 Å². The Labute approximate surface area is 84.9 Å². The van der Waals surface area contributed by atoms with Gasteiger partial charge in [-0.2, -0.15) is 26.3 Å². The zero-order chi connectivity index (χ0) is 12.7. The molecule has 0 aliphatic heterocycles. The molecule has 1 aromatic heterocycles. The van der Waals surface area contributed by atoms with Gasteiger partial charge in [0.1, 0.15) is 11.3 Å². The van der Waals surface area contributed by atoms with Crippen LogP contribution in [0, 0.1) is 6.92 Å². The molecule has 0 aliphatic rings. The van der Waals surface area contributed by atoms with Crippen LogP contribution in [0.15, 0.2) is 10.9 Å². The minimum Gasteiger partial charge on any atom is -0.318 e. The van der Waals surface area contributed by atoms with Crippen LogP contribution in [0.2, 0.25) is 0 Å². The lowest BCUT2D eigenvalue weighted by atomic mass is 10.1. The smallest absolute Gasteiger partial charge is 0.318 e. The van der Waals surface area contributed by atoms with Crippen molar-refractivity contribution in [3.63, 3.8) is 0 Å². The van der Waals surface area contributed by atoms with E-state index in [0.717, 1.165) is 11.9 Å². The molecular formula is C8H5F6NO. The van der Waals surface area contributed by atoms with Crippen molar-refractivity contribution in [1.29, 1.82) is 0 Å². The second-order valence-electron chi connectivity index (χ2n) is 3.07. The number of pyridine rings is 1. The van der Waals surface area contributed by atoms with Crippen molar-refractivity contribution < 1.29 is 26.3 Å². The van der Waals surface area contributed by atoms with E-state index in [9.17, 15) is 31.1 Å². The number of alkyl halides is 6. The average Bonchev–Trinajstić information content (AvgIpc) is 1.97. The van der Waals surface area contributed by atoms with Crippen LogP contribution in [-0.2, 0) is 12.4 Å². The highest BCUT2D eigenvalue weighted by Gasteiger charge is 2.39. The molecule has 16 heavy (non-hydrogen) atoms. The van der Waals surface area contributed by atoms with Crippen molar-refractivity contribution >= 4 is 0 Å². The normalized spacial score (nSPS) is 12.9. The monoisotopic (exact) mass is 245 g/mol. The van der Waals surface area contributed by atoms with E-state index in [4.69, 9.17) is 0 Å². The van der Waals surface area contributed by atoms with Crippen LogP contribution in [0.5, 0.6) is 0 Å². The van der Waals surface area contributed by atoms with Gasteiger partial charge in [0.15, 0.2) is 0 Å². The van der Waals surface area contributed by atoms with Crippen LogP contribution in [0.4, 0.5) is 26.3 Å². The molecule has 0 saturated heterocycles. The SMILES string of the molecule is Cc1cc(C(F)(F)F)[nH]c(=O)c1C(F)(F)F. The Kier molecular flexibility index (Phi) is 2.78. The lowest BCUT2D eigenvalue weighted by molar-refractivity contribution is -0.145. The summed E-state index contributed by atoms with van der Waals surface area (Å²) in [6, 6.07) is 0.254. The molecule has 8 heteroatoms. The summed E-state index contributed by atoms with van der Waals surface area (Å²) in [5.41, 5.74) is -5.66. The molecule has 2 nitrogen and oxygen atoms in total. The standard InChI is InChI=1S/C8H5F6NO/c1-3-2-4(7(9,10)11)15-6(16)5(3)8(12,13)14/h2H,1H3,(H,15,16). The van der Waals surface area contributed by atoms with Gasteiger partial charge in [0, 0.05) is 0 Å². The molecule has 1 N–H and O–H groups in total. The van der Waals surface area contributed by atoms with Crippen LogP contribution in [-0.4, -0.2) is 4.98 Å². The molecule has 0 amide bonds. The molecule has 0 aromatic carbocycles. The van der Waals surface area contributed by atoms with Crippen molar-refractivity contribution in [3.8, 4) is 0 Å². The number of hydrogen-bond donors (Lipinski definition) is 1. The number of aromatic amines is 1. The molecule has 1 aromatic rings. The molecule has 0 unspecified atom stereocenters. The van der Waals surface area contributed by atoms with Crippen LogP contribution >= 0.6 is 0 Å². The minimum absolute atomic E-state index is 0.254. The largest absolute Gasteiger partial charge is 0.431 e. The van der Waals surface area contributed by atoms with Crippen molar-refractivity contribution in [2.24, 2.45) is 0 Å². The van der Waals surface area contributed by atoms with Gasteiger partial charge in [0.25, 0.3) is 5.56 Å². The average molecular weight is 245 g/mol. The maximum atomic E-state index is 12.2. The molecule has 1 rings (SSSR count). The zero-order valence-corrected chi connectivity index (χ0v) is 7.75. The van der Waals surface area contributed by atoms with E-state index in [1.807, 2.05) is 0 Å². The Balaban J connectivity index is 3.47. The lowest BCUT2D eigenvalue weighted by Gasteiger charge is -2.12. The summed E-state index contributed by atoms with van der Waals surface area (Å²) in [5.74, 6) is 0. The number of H-pyrrole nitrogens is 1. The highest BCUT2D eigenvalue weighted by atomic mass is 19.4. The van der Waals surface area contributed by atoms with Crippen molar-refractivity contribution in [3.05, 3.63) is 33.2 Å². The first-order chi connectivity index (χ1) is 7.03. The molecular weight excluding hydrogens is 240 g/mol. The maximum Gasteiger partial charge on any atom is 0.431 e. The summed E-state index contributed by atoms with van der Waals surface area (Å²) in [6.07, 6.45) is -9.85. The second-order valence-corrected chi connectivity index (χ2v) is 3.07. The van der Waals surface area contributed by atoms with Gasteiger partial charge in [-0.3, -0.25) is 4.79 Å². The van der Waals surface area contributed by atoms with Crippen LogP contribution < -0.4 is 5.56 Å². The summed E-state index contributed by atoms with van der Waals surface area (Å²) in [6.45, 7) is 0.799. The fourth-order valence-electron chi connectivity index (χ4n) is 1.19. The van der Waals surface area contributed by atoms with Crippen molar-refractivity contribution in [2.75, 3.05) is 0 Å². The molecule has 0 bridgehead atoms. The third kappa shape index (κ3) is 2.37. The maximum absolute atomic E-state index is 12.2. The summed E-state index contributed by atoms with van der Waals surface area (Å²) < 4.78 is 73.1. The molecule has 0 saturated carbocycles. The summed E-state index contributed by atoms with van der Waals surface area (Å²) >= 11 is 0. The summed E-state index contributed by atoms with van der Waals surface area (Å²) in [5, 5.41) is 0. The van der Waals surface area contributed by atoms with E-state index in [1.165, 1.54) is 0 Å². The van der Waals surface area contributed by atoms with Gasteiger partial charge in [-0.15, -0.1) is 0 Å². The van der Waals surface area contributed by atoms with Crippen LogP contribution in [0.3, 0.4) is 0 Å². The van der Waals surface area contributed by atoms with E-state index in [2.05, 4.69) is 0 Å². The Bertz CT molecular complexity index is 455. The van der Waals surface area contributed by atoms with Crippen LogP contribution in [0.1, 0.15) is 16.8 Å². The number of aromatic nitrogens is 1. The molecule has 0 radical (unpaired) electrons. The van der Waals surface area contributed by atoms with Gasteiger partial charge in [0.2, 0.25) is 0 Å². The van der Waals surface area contributed by atoms with Crippen LogP contribution in [0.25, 0.3) is 0 Å². The number of nitrogens with one attached hydrogen (secondary N) is 1. The quantitative estimate of drug-likeness (QED) is 0.700. The van der Waals surface area contributed by atoms with Gasteiger partial charge < -0.3 is 4.98 Å². The first kappa shape index (κ1) is 12.6. The van der Waals surface area contributed by atoms with Gasteiger partial charge >= 0.3 is 12.4 Å². The van der Waals surface area contributed by atoms with E-state index < -0.39 is 34.7 Å². The first-order valence-corrected chi connectivity index (χ1v) is 3.92. The second kappa shape index (κ2) is 3.53. The Morgan fingerprint density at radius 2 is 1.56 bits per heavy atom. The summed E-state index contributed by atoms with van der Waals surface area (Å²) in [4.78, 5) is 12.0. The Morgan fingerprint density at radius 1 is 1.06 bits per heavy atom. The van der Waals surface area contributed by atoms with Gasteiger partial charge in [-0.25, -0.2) is 0 Å². The van der Waals surface area contributed by atoms with Crippen molar-refractivity contribution in [2.45, 2.75) is 19.3 Å². The van der Waals surface area contributed by atoms with E-state index in [1.54, 1.807) is 0 Å². The topological polar surface area (TPSA) is 32.9 Å². The van der Waals surface area contributed by atoms with Gasteiger partial charge in [-0.05, 0) is 18.6 Å². The number of halogens is 6. The minimum atomic E-state index is -4.97. The molecule has 1 heterocycles. The Morgan fingerprint density at radius 3 is 1.88 bits per heavy atom. The van der Waals surface area contributed by atoms with E-state index in [0.29, 0.717) is 0 Å². The molecule has 0 atom stereocenters. The number of aryl methyl sites for hydroxylation is 1. The van der Waals surface area contributed by atoms with E-state index >= 15 is 0 Å². The third-order valence-electron chi connectivity index (χ3n) is 1.82. The highest BCUT2D eigenvalue weighted by Crippen LogP contribution is 2.32. The Hall–Kier alpha value is -1.47. The number of hydrogen-bond acceptors (Lipinski definition) is 1. The molecule has 0 aliphatic carbocycles. The van der Waals surface area contributed by atoms with Gasteiger partial charge in [-0.1, -0.05) is 0 Å². The van der Waals surface area contributed by atoms with E-state index in [-0.39, 0.29) is 6.07 Å². The fourth-order valence-corrected chi connectivity index (χ4v) is 1.19. The summed E-state index contributed by atoms with van der Waals surface area (Å²) in [7, 11) is 0. The predicted octanol–water partition coefficient (Wildman–Crippen LogP) is 2.72. The predicted molar refractivity (Wildman–Crippen MR) is 41.8 cm³/mol. The molecule has 0 fully saturated rings. The third-order valence-corrected chi connectivity index (χ3v) is 1.82. The molecule has 0 spiro atoms. The number of rotatable bonds is 0. The first-order valence-electron chi connectivity index (χ1n) is 3.92. The molecule has 90 valence electrons. The zero-order valence-electron chi connectivity index (χ0n) is 7.75. The van der Waals surface area contributed by atoms with Gasteiger partial charge in [0.05, 0.1) is 0 Å². The fraction of sp³-hybridized carbons (Fsp3) is 0.375. The highest BCUT2D eigenvalue weighted by molar-refractivity contribution is 5.28. The lowest BCUT2D eigenvalue weighted by Crippen LogP contribution is -2.26.